The lowest BCUT2D eigenvalue weighted by Gasteiger charge is -2.47. The van der Waals surface area contributed by atoms with Crippen molar-refractivity contribution in [2.24, 2.45) is 11.5 Å². The average Bonchev–Trinajstić information content (AvgIpc) is 2.58. The van der Waals surface area contributed by atoms with Crippen molar-refractivity contribution in [3.63, 3.8) is 0 Å². The smallest absolute Gasteiger partial charge is 0.352 e. The second kappa shape index (κ2) is 9.86. The highest BCUT2D eigenvalue weighted by molar-refractivity contribution is 8.00. The molecule has 1 saturated heterocycles. The van der Waals surface area contributed by atoms with E-state index in [-0.39, 0.29) is 29.4 Å². The molecule has 2 amide bonds. The van der Waals surface area contributed by atoms with Gasteiger partial charge in [0.2, 0.25) is 5.91 Å². The molecular formula is C15H23ClN4O8S. The van der Waals surface area contributed by atoms with Crippen LogP contribution in [0, 0.1) is 10.2 Å². The van der Waals surface area contributed by atoms with Gasteiger partial charge in [0, 0.05) is 5.75 Å². The molecule has 3 atom stereocenters. The quantitative estimate of drug-likeness (QED) is 0.244. The van der Waals surface area contributed by atoms with Gasteiger partial charge in [-0.25, -0.2) is 23.4 Å². The van der Waals surface area contributed by atoms with E-state index in [0.29, 0.717) is 28.9 Å². The summed E-state index contributed by atoms with van der Waals surface area (Å²) in [4.78, 5) is 35.9. The minimum Gasteiger partial charge on any atom is -0.477 e. The fourth-order valence-corrected chi connectivity index (χ4v) is 4.06. The maximum Gasteiger partial charge on any atom is 0.352 e. The van der Waals surface area contributed by atoms with Crippen LogP contribution in [0.4, 0.5) is 0 Å². The number of nitrogens with two attached hydrogens (primary N) is 2. The third-order valence-corrected chi connectivity index (χ3v) is 5.73. The molecule has 2 aliphatic heterocycles. The zero-order valence-electron chi connectivity index (χ0n) is 15.8. The average molecular weight is 455 g/mol. The summed E-state index contributed by atoms with van der Waals surface area (Å²) in [5.74, 6) is -1.40. The summed E-state index contributed by atoms with van der Waals surface area (Å²) in [7, 11) is -3.04. The Morgan fingerprint density at radius 3 is 2.38 bits per heavy atom. The summed E-state index contributed by atoms with van der Waals surface area (Å²) in [5, 5.41) is 9.16. The molecule has 29 heavy (non-hydrogen) atoms. The lowest BCUT2D eigenvalue weighted by atomic mass is 10.0. The number of aliphatic carboxylic acids is 1. The van der Waals surface area contributed by atoms with Gasteiger partial charge in [-0.05, 0) is 18.6 Å². The molecule has 2 aliphatic rings. The van der Waals surface area contributed by atoms with E-state index in [1.54, 1.807) is 6.08 Å². The van der Waals surface area contributed by atoms with E-state index >= 15 is 0 Å². The molecule has 14 heteroatoms. The fourth-order valence-electron chi connectivity index (χ4n) is 2.80. The molecule has 0 aromatic heterocycles. The summed E-state index contributed by atoms with van der Waals surface area (Å²) < 4.78 is 34.4. The maximum absolute atomic E-state index is 11.9. The number of amides is 2. The molecule has 0 bridgehead atoms. The monoisotopic (exact) mass is 454 g/mol. The van der Waals surface area contributed by atoms with Crippen LogP contribution in [-0.2, 0) is 14.4 Å². The molecule has 12 nitrogen and oxygen atoms in total. The molecule has 2 rings (SSSR count). The first kappa shape index (κ1) is 25.3. The highest BCUT2D eigenvalue weighted by Crippen LogP contribution is 2.39. The van der Waals surface area contributed by atoms with E-state index in [1.165, 1.54) is 16.7 Å². The standard InChI is InChI=1S/C15H22N4O4S.ClHO4/c1-3-19(2,7-10(16)20)6-4-5-9-8-24-14-11(17)13(21)18(14)12(9)15(22)23;2-1(3,4)5/h4-5,11,14H,3,6-8,17H2,1-2H3,(H2-,16,20,22,23);(H,2,3,4,5)/b5-4+;/t11-,14-,19?;/m1./s1. The number of β-lactam (4-membered cyclic amide) rings is 1. The molecule has 0 radical (unpaired) electrons. The van der Waals surface area contributed by atoms with Crippen molar-refractivity contribution in [2.75, 3.05) is 32.4 Å². The van der Waals surface area contributed by atoms with Crippen LogP contribution in [0.5, 0.6) is 0 Å². The van der Waals surface area contributed by atoms with E-state index in [9.17, 15) is 19.5 Å². The number of rotatable bonds is 7. The lowest BCUT2D eigenvalue weighted by Crippen LogP contribution is -2.68. The Balaban J connectivity index is 0.000000749. The number of hydrogen-bond acceptors (Lipinski definition) is 9. The van der Waals surface area contributed by atoms with Crippen LogP contribution in [0.15, 0.2) is 23.4 Å². The Morgan fingerprint density at radius 2 is 1.93 bits per heavy atom. The molecule has 164 valence electrons. The minimum atomic E-state index is -4.94. The van der Waals surface area contributed by atoms with E-state index < -0.39 is 22.3 Å². The number of hydrogen-bond donors (Lipinski definition) is 3. The zero-order chi connectivity index (χ0) is 22.6. The van der Waals surface area contributed by atoms with Crippen LogP contribution in [0.1, 0.15) is 6.92 Å². The first-order valence-corrected chi connectivity index (χ1v) is 10.6. The number of thioether (sulfide) groups is 1. The number of carboxylic acid groups (broad SMARTS) is 1. The molecule has 1 unspecified atom stereocenters. The predicted octanol–water partition coefficient (Wildman–Crippen LogP) is -5.68. The highest BCUT2D eigenvalue weighted by atomic mass is 35.7. The summed E-state index contributed by atoms with van der Waals surface area (Å²) >= 11 is 1.46. The van der Waals surface area contributed by atoms with Crippen molar-refractivity contribution in [2.45, 2.75) is 18.3 Å². The maximum atomic E-state index is 11.9. The van der Waals surface area contributed by atoms with Crippen molar-refractivity contribution >= 4 is 29.5 Å². The molecule has 0 aliphatic carbocycles. The Hall–Kier alpha value is -1.71. The van der Waals surface area contributed by atoms with E-state index in [0.717, 1.165) is 0 Å². The van der Waals surface area contributed by atoms with Crippen LogP contribution >= 0.6 is 11.8 Å². The molecular weight excluding hydrogens is 432 g/mol. The first-order chi connectivity index (χ1) is 13.2. The fraction of sp³-hybridized carbons (Fsp3) is 0.533. The molecule has 0 spiro atoms. The van der Waals surface area contributed by atoms with Crippen LogP contribution in [0.25, 0.3) is 0 Å². The number of quaternary nitrogens is 1. The van der Waals surface area contributed by atoms with Gasteiger partial charge in [0.15, 0.2) is 6.54 Å². The van der Waals surface area contributed by atoms with Crippen LogP contribution < -0.4 is 30.1 Å². The summed E-state index contributed by atoms with van der Waals surface area (Å²) in [5.41, 5.74) is 11.6. The summed E-state index contributed by atoms with van der Waals surface area (Å²) in [6.07, 6.45) is 3.55. The number of halogens is 1. The van der Waals surface area contributed by atoms with Crippen LogP contribution in [0.3, 0.4) is 0 Å². The molecule has 5 N–H and O–H groups in total. The summed E-state index contributed by atoms with van der Waals surface area (Å²) in [6, 6.07) is -0.634. The third kappa shape index (κ3) is 7.24. The van der Waals surface area contributed by atoms with Gasteiger partial charge in [-0.1, -0.05) is 6.08 Å². The number of primary amides is 1. The Morgan fingerprint density at radius 1 is 1.38 bits per heavy atom. The molecule has 1 fully saturated rings. The number of allylic oxidation sites excluding steroid dienone is 1. The number of carboxylic acids is 1. The van der Waals surface area contributed by atoms with Gasteiger partial charge in [-0.15, -0.1) is 22.0 Å². The van der Waals surface area contributed by atoms with Crippen molar-refractivity contribution in [1.82, 2.24) is 4.90 Å². The van der Waals surface area contributed by atoms with Crippen LogP contribution in [-0.4, -0.2) is 76.1 Å². The Kier molecular flexibility index (Phi) is 8.61. The Labute approximate surface area is 173 Å². The molecule has 2 heterocycles. The van der Waals surface area contributed by atoms with Gasteiger partial charge in [0.05, 0.1) is 20.1 Å². The third-order valence-electron chi connectivity index (χ3n) is 4.41. The highest BCUT2D eigenvalue weighted by Gasteiger charge is 2.51. The zero-order valence-corrected chi connectivity index (χ0v) is 17.4. The second-order valence-electron chi connectivity index (χ2n) is 6.64. The van der Waals surface area contributed by atoms with Crippen molar-refractivity contribution in [3.8, 4) is 0 Å². The van der Waals surface area contributed by atoms with Crippen LogP contribution in [0.2, 0.25) is 0 Å². The van der Waals surface area contributed by atoms with Gasteiger partial charge in [0.1, 0.15) is 17.1 Å². The minimum absolute atomic E-state index is 0.00213. The number of likely N-dealkylation sites (N-methyl/N-ethyl adjacent to an activating group) is 1. The predicted molar refractivity (Wildman–Crippen MR) is 90.5 cm³/mol. The number of fused-ring (bicyclic) bond motifs is 1. The first-order valence-electron chi connectivity index (χ1n) is 8.27. The molecule has 0 aromatic carbocycles. The number of carbonyl (C=O) groups excluding carboxylic acids is 2. The summed E-state index contributed by atoms with van der Waals surface area (Å²) in [6.45, 7) is 3.42. The Bertz CT molecular complexity index is 720. The van der Waals surface area contributed by atoms with E-state index in [1.807, 2.05) is 20.0 Å². The number of nitrogens with zero attached hydrogens (tertiary/aromatic N) is 2. The normalized spacial score (nSPS) is 23.7. The van der Waals surface area contributed by atoms with Crippen molar-refractivity contribution < 1.29 is 52.9 Å². The van der Waals surface area contributed by atoms with Crippen molar-refractivity contribution in [3.05, 3.63) is 23.4 Å². The van der Waals surface area contributed by atoms with Gasteiger partial charge in [-0.3, -0.25) is 14.5 Å². The van der Waals surface area contributed by atoms with Crippen molar-refractivity contribution in [1.29, 1.82) is 0 Å². The van der Waals surface area contributed by atoms with Gasteiger partial charge in [-0.2, -0.15) is 0 Å². The largest absolute Gasteiger partial charge is 0.477 e. The lowest BCUT2D eigenvalue weighted by molar-refractivity contribution is -2.00. The van der Waals surface area contributed by atoms with E-state index in [4.69, 9.17) is 30.1 Å². The van der Waals surface area contributed by atoms with E-state index in [2.05, 4.69) is 0 Å². The molecule has 0 aromatic rings. The second-order valence-corrected chi connectivity index (χ2v) is 8.50. The van der Waals surface area contributed by atoms with Gasteiger partial charge in [0.25, 0.3) is 5.91 Å². The van der Waals surface area contributed by atoms with Gasteiger partial charge < -0.3 is 21.1 Å². The topological polar surface area (TPSA) is 219 Å². The van der Waals surface area contributed by atoms with Gasteiger partial charge >= 0.3 is 5.97 Å². The molecule has 0 saturated carbocycles. The SMILES string of the molecule is CC[N+](C)(C/C=C/C1=C(C(=O)O)N2C(=O)[C@@H](N)[C@H]2SC1)CC(N)=O.[O-][Cl+3]([O-])([O-])[O-]. The number of carbonyl (C=O) groups is 3.